The van der Waals surface area contributed by atoms with Crippen LogP contribution in [-0.2, 0) is 13.6 Å². The number of hydrogen-bond donors (Lipinski definition) is 2. The summed E-state index contributed by atoms with van der Waals surface area (Å²) in [5.41, 5.74) is 6.53. The number of carbonyl (C=O) groups is 1. The molecule has 0 aliphatic heterocycles. The van der Waals surface area contributed by atoms with E-state index in [-0.39, 0.29) is 12.5 Å². The Hall–Kier alpha value is -2.57. The SMILES string of the molecule is COc1cccc(C(=O)NCc2ncn(C)n2)c1N. The van der Waals surface area contributed by atoms with Crippen LogP contribution in [0.25, 0.3) is 0 Å². The maximum absolute atomic E-state index is 12.0. The molecule has 100 valence electrons. The Balaban J connectivity index is 2.08. The molecule has 2 rings (SSSR count). The van der Waals surface area contributed by atoms with Crippen molar-refractivity contribution < 1.29 is 9.53 Å². The zero-order chi connectivity index (χ0) is 13.8. The van der Waals surface area contributed by atoms with Crippen LogP contribution in [-0.4, -0.2) is 27.8 Å². The van der Waals surface area contributed by atoms with E-state index in [0.717, 1.165) is 0 Å². The monoisotopic (exact) mass is 261 g/mol. The summed E-state index contributed by atoms with van der Waals surface area (Å²) in [4.78, 5) is 16.0. The van der Waals surface area contributed by atoms with E-state index in [0.29, 0.717) is 22.8 Å². The second kappa shape index (κ2) is 5.38. The molecule has 0 saturated carbocycles. The van der Waals surface area contributed by atoms with Crippen LogP contribution in [0.3, 0.4) is 0 Å². The highest BCUT2D eigenvalue weighted by molar-refractivity contribution is 6.00. The van der Waals surface area contributed by atoms with E-state index in [2.05, 4.69) is 15.4 Å². The van der Waals surface area contributed by atoms with Gasteiger partial charge in [-0.3, -0.25) is 9.48 Å². The Morgan fingerprint density at radius 3 is 2.95 bits per heavy atom. The van der Waals surface area contributed by atoms with E-state index in [4.69, 9.17) is 10.5 Å². The molecule has 0 saturated heterocycles. The summed E-state index contributed by atoms with van der Waals surface area (Å²) in [5.74, 6) is 0.727. The second-order valence-electron chi connectivity index (χ2n) is 3.94. The first kappa shape index (κ1) is 12.9. The van der Waals surface area contributed by atoms with Crippen molar-refractivity contribution in [3.05, 3.63) is 35.9 Å². The highest BCUT2D eigenvalue weighted by atomic mass is 16.5. The molecule has 2 aromatic rings. The lowest BCUT2D eigenvalue weighted by molar-refractivity contribution is 0.0950. The van der Waals surface area contributed by atoms with Gasteiger partial charge in [0.15, 0.2) is 5.82 Å². The molecular formula is C12H15N5O2. The molecule has 7 heteroatoms. The van der Waals surface area contributed by atoms with Crippen LogP contribution in [0, 0.1) is 0 Å². The number of nitrogen functional groups attached to an aromatic ring is 1. The number of carbonyl (C=O) groups excluding carboxylic acids is 1. The van der Waals surface area contributed by atoms with E-state index in [1.807, 2.05) is 0 Å². The molecule has 1 aromatic heterocycles. The number of rotatable bonds is 4. The summed E-state index contributed by atoms with van der Waals surface area (Å²) >= 11 is 0. The molecule has 0 radical (unpaired) electrons. The summed E-state index contributed by atoms with van der Waals surface area (Å²) in [7, 11) is 3.27. The number of nitrogens with zero attached hydrogens (tertiary/aromatic N) is 3. The van der Waals surface area contributed by atoms with Gasteiger partial charge in [0.2, 0.25) is 0 Å². The second-order valence-corrected chi connectivity index (χ2v) is 3.94. The van der Waals surface area contributed by atoms with Crippen molar-refractivity contribution in [2.24, 2.45) is 7.05 Å². The molecule has 7 nitrogen and oxygen atoms in total. The lowest BCUT2D eigenvalue weighted by atomic mass is 10.1. The quantitative estimate of drug-likeness (QED) is 0.774. The van der Waals surface area contributed by atoms with Crippen molar-refractivity contribution in [3.63, 3.8) is 0 Å². The molecule has 3 N–H and O–H groups in total. The molecule has 1 aromatic carbocycles. The molecule has 19 heavy (non-hydrogen) atoms. The van der Waals surface area contributed by atoms with Crippen LogP contribution < -0.4 is 15.8 Å². The Bertz CT molecular complexity index is 594. The number of benzene rings is 1. The van der Waals surface area contributed by atoms with Crippen molar-refractivity contribution in [1.29, 1.82) is 0 Å². The van der Waals surface area contributed by atoms with Gasteiger partial charge < -0.3 is 15.8 Å². The average Bonchev–Trinajstić information content (AvgIpc) is 2.82. The summed E-state index contributed by atoms with van der Waals surface area (Å²) < 4.78 is 6.64. The van der Waals surface area contributed by atoms with Gasteiger partial charge in [-0.25, -0.2) is 4.98 Å². The smallest absolute Gasteiger partial charge is 0.253 e. The molecule has 0 aliphatic rings. The summed E-state index contributed by atoms with van der Waals surface area (Å²) in [6.45, 7) is 0.246. The number of para-hydroxylation sites is 1. The standard InChI is InChI=1S/C12H15N5O2/c1-17-7-15-10(16-17)6-14-12(18)8-4-3-5-9(19-2)11(8)13/h3-5,7H,6,13H2,1-2H3,(H,14,18). The van der Waals surface area contributed by atoms with E-state index in [1.165, 1.54) is 7.11 Å². The topological polar surface area (TPSA) is 95.1 Å². The Morgan fingerprint density at radius 1 is 1.53 bits per heavy atom. The first-order valence-electron chi connectivity index (χ1n) is 5.67. The van der Waals surface area contributed by atoms with Gasteiger partial charge in [0.25, 0.3) is 5.91 Å². The van der Waals surface area contributed by atoms with Crippen LogP contribution in [0.1, 0.15) is 16.2 Å². The maximum Gasteiger partial charge on any atom is 0.253 e. The van der Waals surface area contributed by atoms with Gasteiger partial charge in [0.1, 0.15) is 12.1 Å². The summed E-state index contributed by atoms with van der Waals surface area (Å²) in [6.07, 6.45) is 1.57. The fourth-order valence-electron chi connectivity index (χ4n) is 1.64. The van der Waals surface area contributed by atoms with Gasteiger partial charge in [-0.15, -0.1) is 0 Å². The minimum atomic E-state index is -0.288. The number of ether oxygens (including phenoxy) is 1. The van der Waals surface area contributed by atoms with Crippen molar-refractivity contribution in [3.8, 4) is 5.75 Å². The van der Waals surface area contributed by atoms with Gasteiger partial charge in [0, 0.05) is 7.05 Å². The highest BCUT2D eigenvalue weighted by Gasteiger charge is 2.13. The number of nitrogens with two attached hydrogens (primary N) is 1. The van der Waals surface area contributed by atoms with Crippen LogP contribution in [0.4, 0.5) is 5.69 Å². The van der Waals surface area contributed by atoms with Crippen LogP contribution in [0.5, 0.6) is 5.75 Å². The number of aryl methyl sites for hydroxylation is 1. The minimum Gasteiger partial charge on any atom is -0.495 e. The molecule has 1 heterocycles. The zero-order valence-electron chi connectivity index (χ0n) is 10.8. The normalized spacial score (nSPS) is 10.2. The minimum absolute atomic E-state index is 0.246. The Labute approximate surface area is 110 Å². The summed E-state index contributed by atoms with van der Waals surface area (Å²) in [6, 6.07) is 5.05. The number of methoxy groups -OCH3 is 1. The third-order valence-corrected chi connectivity index (χ3v) is 2.58. The van der Waals surface area contributed by atoms with Gasteiger partial charge in [0.05, 0.1) is 24.9 Å². The molecule has 0 bridgehead atoms. The Kier molecular flexibility index (Phi) is 3.65. The maximum atomic E-state index is 12.0. The first-order chi connectivity index (χ1) is 9.11. The molecule has 0 fully saturated rings. The van der Waals surface area contributed by atoms with Crippen LogP contribution >= 0.6 is 0 Å². The fourth-order valence-corrected chi connectivity index (χ4v) is 1.64. The molecule has 0 aliphatic carbocycles. The van der Waals surface area contributed by atoms with Gasteiger partial charge >= 0.3 is 0 Å². The summed E-state index contributed by atoms with van der Waals surface area (Å²) in [5, 5.41) is 6.78. The lowest BCUT2D eigenvalue weighted by Crippen LogP contribution is -2.24. The predicted octanol–water partition coefficient (Wildman–Crippen LogP) is 0.336. The van der Waals surface area contributed by atoms with Crippen LogP contribution in [0.2, 0.25) is 0 Å². The molecule has 1 amide bonds. The van der Waals surface area contributed by atoms with Gasteiger partial charge in [-0.05, 0) is 12.1 Å². The number of hydrogen-bond acceptors (Lipinski definition) is 5. The fraction of sp³-hybridized carbons (Fsp3) is 0.250. The van der Waals surface area contributed by atoms with E-state index < -0.39 is 0 Å². The molecule has 0 unspecified atom stereocenters. The van der Waals surface area contributed by atoms with E-state index in [9.17, 15) is 4.79 Å². The first-order valence-corrected chi connectivity index (χ1v) is 5.67. The largest absolute Gasteiger partial charge is 0.495 e. The number of anilines is 1. The van der Waals surface area contributed by atoms with Crippen molar-refractivity contribution in [2.45, 2.75) is 6.54 Å². The zero-order valence-corrected chi connectivity index (χ0v) is 10.8. The third kappa shape index (κ3) is 2.82. The van der Waals surface area contributed by atoms with Crippen LogP contribution in [0.15, 0.2) is 24.5 Å². The third-order valence-electron chi connectivity index (χ3n) is 2.58. The van der Waals surface area contributed by atoms with Crippen molar-refractivity contribution in [2.75, 3.05) is 12.8 Å². The number of amides is 1. The average molecular weight is 261 g/mol. The van der Waals surface area contributed by atoms with Crippen molar-refractivity contribution in [1.82, 2.24) is 20.1 Å². The van der Waals surface area contributed by atoms with E-state index in [1.54, 1.807) is 36.3 Å². The predicted molar refractivity (Wildman–Crippen MR) is 69.6 cm³/mol. The van der Waals surface area contributed by atoms with Crippen molar-refractivity contribution >= 4 is 11.6 Å². The number of aromatic nitrogens is 3. The molecule has 0 spiro atoms. The highest BCUT2D eigenvalue weighted by Crippen LogP contribution is 2.24. The van der Waals surface area contributed by atoms with E-state index >= 15 is 0 Å². The van der Waals surface area contributed by atoms with Gasteiger partial charge in [-0.2, -0.15) is 5.10 Å². The molecular weight excluding hydrogens is 246 g/mol. The number of nitrogens with one attached hydrogen (secondary N) is 1. The van der Waals surface area contributed by atoms with Gasteiger partial charge in [-0.1, -0.05) is 6.07 Å². The molecule has 0 atom stereocenters. The Morgan fingerprint density at radius 2 is 2.32 bits per heavy atom. The lowest BCUT2D eigenvalue weighted by Gasteiger charge is -2.09.